The first-order chi connectivity index (χ1) is 13.9. The number of nitrogens with zero attached hydrogens (tertiary/aromatic N) is 4. The predicted molar refractivity (Wildman–Crippen MR) is 116 cm³/mol. The van der Waals surface area contributed by atoms with Gasteiger partial charge in [0.15, 0.2) is 0 Å². The lowest BCUT2D eigenvalue weighted by atomic mass is 9.90. The van der Waals surface area contributed by atoms with Gasteiger partial charge in [-0.1, -0.05) is 13.3 Å². The van der Waals surface area contributed by atoms with Crippen LogP contribution in [0.15, 0.2) is 6.33 Å². The third-order valence-electron chi connectivity index (χ3n) is 5.83. The van der Waals surface area contributed by atoms with E-state index in [0.29, 0.717) is 0 Å². The zero-order chi connectivity index (χ0) is 18.9. The van der Waals surface area contributed by atoms with Crippen molar-refractivity contribution in [2.45, 2.75) is 45.4 Å². The summed E-state index contributed by atoms with van der Waals surface area (Å²) in [5, 5.41) is 4.78. The molecule has 6 nitrogen and oxygen atoms in total. The monoisotopic (exact) mass is 397 g/mol. The number of anilines is 2. The van der Waals surface area contributed by atoms with Crippen LogP contribution in [-0.4, -0.2) is 47.8 Å². The quantitative estimate of drug-likeness (QED) is 0.652. The molecule has 0 atom stereocenters. The third-order valence-corrected chi connectivity index (χ3v) is 6.91. The summed E-state index contributed by atoms with van der Waals surface area (Å²) in [6.45, 7) is 6.59. The summed E-state index contributed by atoms with van der Waals surface area (Å²) in [6, 6.07) is 0. The van der Waals surface area contributed by atoms with Crippen molar-refractivity contribution in [1.82, 2.24) is 15.0 Å². The van der Waals surface area contributed by atoms with Crippen molar-refractivity contribution in [3.05, 3.63) is 17.5 Å². The molecule has 5 rings (SSSR count). The molecule has 0 spiro atoms. The van der Waals surface area contributed by atoms with Crippen LogP contribution < -0.4 is 10.2 Å². The van der Waals surface area contributed by atoms with Crippen LogP contribution in [0.2, 0.25) is 0 Å². The number of fused-ring (bicyclic) bond motifs is 5. The topological polar surface area (TPSA) is 63.2 Å². The Morgan fingerprint density at radius 3 is 2.79 bits per heavy atom. The fraction of sp³-hybridized carbons (Fsp3) is 0.571. The zero-order valence-corrected chi connectivity index (χ0v) is 17.3. The maximum Gasteiger partial charge on any atom is 0.147 e. The maximum absolute atomic E-state index is 5.57. The molecule has 0 amide bonds. The molecule has 0 radical (unpaired) electrons. The van der Waals surface area contributed by atoms with Gasteiger partial charge in [0.1, 0.15) is 22.8 Å². The van der Waals surface area contributed by atoms with E-state index < -0.39 is 0 Å². The summed E-state index contributed by atoms with van der Waals surface area (Å²) in [4.78, 5) is 17.9. The Morgan fingerprint density at radius 2 is 1.96 bits per heavy atom. The molecule has 0 unspecified atom stereocenters. The summed E-state index contributed by atoms with van der Waals surface area (Å²) in [5.41, 5.74) is 4.00. The summed E-state index contributed by atoms with van der Waals surface area (Å²) in [6.07, 6.45) is 8.76. The van der Waals surface area contributed by atoms with E-state index in [-0.39, 0.29) is 0 Å². The van der Waals surface area contributed by atoms with E-state index in [1.54, 1.807) is 17.7 Å². The molecule has 148 valence electrons. The number of morpholine rings is 1. The lowest BCUT2D eigenvalue weighted by Gasteiger charge is -2.31. The Balaban J connectivity index is 1.68. The van der Waals surface area contributed by atoms with E-state index in [1.165, 1.54) is 41.6 Å². The molecule has 1 aliphatic carbocycles. The van der Waals surface area contributed by atoms with E-state index >= 15 is 0 Å². The second kappa shape index (κ2) is 7.79. The molecule has 28 heavy (non-hydrogen) atoms. The number of unbranched alkanes of at least 4 members (excludes halogenated alkanes) is 1. The van der Waals surface area contributed by atoms with Gasteiger partial charge in [0.25, 0.3) is 0 Å². The lowest BCUT2D eigenvalue weighted by Crippen LogP contribution is -2.37. The van der Waals surface area contributed by atoms with Gasteiger partial charge < -0.3 is 15.0 Å². The highest BCUT2D eigenvalue weighted by Gasteiger charge is 2.26. The van der Waals surface area contributed by atoms with Gasteiger partial charge in [-0.25, -0.2) is 15.0 Å². The molecule has 2 aliphatic rings. The fourth-order valence-electron chi connectivity index (χ4n) is 4.39. The molecular formula is C21H27N5OS. The SMILES string of the molecule is CCCCNc1ncnc2c1sc1nc(N3CCOCC3)c3c(c12)CCCC3. The Labute approximate surface area is 169 Å². The van der Waals surface area contributed by atoms with Gasteiger partial charge in [-0.2, -0.15) is 0 Å². The number of hydrogen-bond donors (Lipinski definition) is 1. The second-order valence-electron chi connectivity index (χ2n) is 7.66. The molecule has 1 aliphatic heterocycles. The van der Waals surface area contributed by atoms with E-state index in [4.69, 9.17) is 14.7 Å². The van der Waals surface area contributed by atoms with Crippen molar-refractivity contribution in [3.63, 3.8) is 0 Å². The molecule has 4 heterocycles. The average Bonchev–Trinajstić information content (AvgIpc) is 3.14. The number of aryl methyl sites for hydroxylation is 1. The van der Waals surface area contributed by atoms with Crippen LogP contribution in [0, 0.1) is 0 Å². The first-order valence-electron chi connectivity index (χ1n) is 10.5. The second-order valence-corrected chi connectivity index (χ2v) is 8.66. The van der Waals surface area contributed by atoms with E-state index in [0.717, 1.165) is 73.0 Å². The molecule has 1 fully saturated rings. The number of rotatable bonds is 5. The largest absolute Gasteiger partial charge is 0.378 e. The maximum atomic E-state index is 5.57. The Morgan fingerprint density at radius 1 is 1.14 bits per heavy atom. The van der Waals surface area contributed by atoms with Crippen LogP contribution in [0.1, 0.15) is 43.7 Å². The number of hydrogen-bond acceptors (Lipinski definition) is 7. The molecule has 0 bridgehead atoms. The van der Waals surface area contributed by atoms with E-state index in [2.05, 4.69) is 22.1 Å². The van der Waals surface area contributed by atoms with Crippen molar-refractivity contribution in [1.29, 1.82) is 0 Å². The minimum atomic E-state index is 0.790. The van der Waals surface area contributed by atoms with Crippen molar-refractivity contribution in [2.75, 3.05) is 43.1 Å². The van der Waals surface area contributed by atoms with Gasteiger partial charge in [-0.05, 0) is 43.2 Å². The van der Waals surface area contributed by atoms with Gasteiger partial charge in [0.05, 0.1) is 23.4 Å². The molecule has 3 aromatic heterocycles. The minimum Gasteiger partial charge on any atom is -0.378 e. The predicted octanol–water partition coefficient (Wildman–Crippen LogP) is 4.17. The van der Waals surface area contributed by atoms with Crippen LogP contribution in [0.25, 0.3) is 20.4 Å². The molecule has 7 heteroatoms. The highest BCUT2D eigenvalue weighted by atomic mass is 32.1. The summed E-state index contributed by atoms with van der Waals surface area (Å²) >= 11 is 1.74. The average molecular weight is 398 g/mol. The standard InChI is InChI=1S/C21H27N5OS/c1-2-3-8-22-19-18-17(23-13-24-19)16-14-6-4-5-7-15(14)20(25-21(16)28-18)26-9-11-27-12-10-26/h13H,2-12H2,1H3,(H,22,23,24). The number of aromatic nitrogens is 3. The molecule has 3 aromatic rings. The first kappa shape index (κ1) is 18.1. The van der Waals surface area contributed by atoms with Gasteiger partial charge in [0, 0.05) is 25.0 Å². The van der Waals surface area contributed by atoms with Crippen molar-refractivity contribution in [3.8, 4) is 0 Å². The molecular weight excluding hydrogens is 370 g/mol. The van der Waals surface area contributed by atoms with Gasteiger partial charge in [-0.3, -0.25) is 0 Å². The van der Waals surface area contributed by atoms with Crippen LogP contribution in [0.5, 0.6) is 0 Å². The van der Waals surface area contributed by atoms with Crippen LogP contribution in [0.3, 0.4) is 0 Å². The minimum absolute atomic E-state index is 0.790. The third kappa shape index (κ3) is 3.10. The van der Waals surface area contributed by atoms with Crippen LogP contribution in [0.4, 0.5) is 11.6 Å². The highest BCUT2D eigenvalue weighted by molar-refractivity contribution is 7.26. The summed E-state index contributed by atoms with van der Waals surface area (Å²) in [7, 11) is 0. The molecule has 1 N–H and O–H groups in total. The van der Waals surface area contributed by atoms with Crippen LogP contribution >= 0.6 is 11.3 Å². The molecule has 0 aromatic carbocycles. The number of pyridine rings is 1. The summed E-state index contributed by atoms with van der Waals surface area (Å²) in [5.74, 6) is 2.14. The van der Waals surface area contributed by atoms with Crippen molar-refractivity contribution >= 4 is 43.4 Å². The van der Waals surface area contributed by atoms with Gasteiger partial charge in [0.2, 0.25) is 0 Å². The summed E-state index contributed by atoms with van der Waals surface area (Å²) < 4.78 is 6.72. The normalized spacial score (nSPS) is 17.2. The van der Waals surface area contributed by atoms with E-state index in [1.807, 2.05) is 0 Å². The highest BCUT2D eigenvalue weighted by Crippen LogP contribution is 2.42. The number of nitrogens with one attached hydrogen (secondary N) is 1. The number of thiophene rings is 1. The number of ether oxygens (including phenoxy) is 1. The lowest BCUT2D eigenvalue weighted by molar-refractivity contribution is 0.122. The Hall–Kier alpha value is -1.99. The zero-order valence-electron chi connectivity index (χ0n) is 16.5. The Kier molecular flexibility index (Phi) is 5.03. The van der Waals surface area contributed by atoms with Gasteiger partial charge >= 0.3 is 0 Å². The Bertz CT molecular complexity index is 996. The van der Waals surface area contributed by atoms with Crippen molar-refractivity contribution in [2.24, 2.45) is 0 Å². The van der Waals surface area contributed by atoms with E-state index in [9.17, 15) is 0 Å². The fourth-order valence-corrected chi connectivity index (χ4v) is 5.51. The van der Waals surface area contributed by atoms with Crippen LogP contribution in [-0.2, 0) is 17.6 Å². The smallest absolute Gasteiger partial charge is 0.147 e. The first-order valence-corrected chi connectivity index (χ1v) is 11.3. The molecule has 0 saturated carbocycles. The van der Waals surface area contributed by atoms with Gasteiger partial charge in [-0.15, -0.1) is 11.3 Å². The van der Waals surface area contributed by atoms with Crippen molar-refractivity contribution < 1.29 is 4.74 Å². The molecule has 1 saturated heterocycles.